The number of fused-ring (bicyclic) bond motifs is 1. The molecule has 1 aromatic carbocycles. The van der Waals surface area contributed by atoms with Crippen LogP contribution in [0.15, 0.2) is 79.3 Å². The first-order valence-electron chi connectivity index (χ1n) is 9.86. The Kier molecular flexibility index (Phi) is 5.01. The molecule has 7 heteroatoms. The van der Waals surface area contributed by atoms with E-state index in [0.29, 0.717) is 0 Å². The molecule has 0 fully saturated rings. The molecule has 1 N–H and O–H groups in total. The second kappa shape index (κ2) is 8.12. The third-order valence-corrected chi connectivity index (χ3v) is 6.05. The molecule has 4 aromatic heterocycles. The lowest BCUT2D eigenvalue weighted by Crippen LogP contribution is -2.20. The molecule has 5 aromatic rings. The Balaban J connectivity index is 1.56. The molecule has 0 saturated carbocycles. The van der Waals surface area contributed by atoms with Crippen molar-refractivity contribution in [1.29, 1.82) is 0 Å². The molecule has 152 valence electrons. The SMILES string of the molecule is Cc1cccc(-c2c(-c3cc4cnccc4s3)cnn2CC(=O)Nc2ccccc2)n1. The maximum absolute atomic E-state index is 12.7. The van der Waals surface area contributed by atoms with Gasteiger partial charge in [0.15, 0.2) is 0 Å². The smallest absolute Gasteiger partial charge is 0.246 e. The highest BCUT2D eigenvalue weighted by Gasteiger charge is 2.19. The highest BCUT2D eigenvalue weighted by molar-refractivity contribution is 7.22. The lowest BCUT2D eigenvalue weighted by atomic mass is 10.1. The predicted molar refractivity (Wildman–Crippen MR) is 124 cm³/mol. The summed E-state index contributed by atoms with van der Waals surface area (Å²) in [7, 11) is 0. The molecular weight excluding hydrogens is 406 g/mol. The minimum absolute atomic E-state index is 0.0896. The van der Waals surface area contributed by atoms with Crippen LogP contribution in [0.1, 0.15) is 5.69 Å². The van der Waals surface area contributed by atoms with Crippen molar-refractivity contribution in [2.24, 2.45) is 0 Å². The van der Waals surface area contributed by atoms with Crippen LogP contribution in [0.2, 0.25) is 0 Å². The standard InChI is InChI=1S/C24H19N5OS/c1-16-6-5-9-20(27-16)24-19(22-12-17-13-25-11-10-21(17)31-22)14-26-29(24)15-23(30)28-18-7-3-2-4-8-18/h2-14H,15H2,1H3,(H,28,30). The number of pyridine rings is 2. The topological polar surface area (TPSA) is 72.7 Å². The Morgan fingerprint density at radius 1 is 1.06 bits per heavy atom. The third-order valence-electron chi connectivity index (χ3n) is 4.90. The molecule has 0 unspecified atom stereocenters. The van der Waals surface area contributed by atoms with E-state index in [4.69, 9.17) is 4.98 Å². The molecule has 0 aliphatic rings. The Labute approximate surface area is 183 Å². The number of amides is 1. The number of carbonyl (C=O) groups is 1. The summed E-state index contributed by atoms with van der Waals surface area (Å²) in [6, 6.07) is 19.4. The number of anilines is 1. The number of hydrogen-bond acceptors (Lipinski definition) is 5. The average molecular weight is 426 g/mol. The van der Waals surface area contributed by atoms with E-state index in [1.54, 1.807) is 22.2 Å². The van der Waals surface area contributed by atoms with E-state index in [2.05, 4.69) is 21.5 Å². The molecule has 0 radical (unpaired) electrons. The van der Waals surface area contributed by atoms with E-state index in [-0.39, 0.29) is 12.5 Å². The first-order valence-corrected chi connectivity index (χ1v) is 10.7. The van der Waals surface area contributed by atoms with Crippen molar-refractivity contribution in [2.45, 2.75) is 13.5 Å². The molecule has 0 atom stereocenters. The first kappa shape index (κ1) is 19.1. The summed E-state index contributed by atoms with van der Waals surface area (Å²) in [4.78, 5) is 22.7. The fourth-order valence-electron chi connectivity index (χ4n) is 3.51. The molecule has 0 spiro atoms. The lowest BCUT2D eigenvalue weighted by molar-refractivity contribution is -0.116. The van der Waals surface area contributed by atoms with Crippen LogP contribution >= 0.6 is 11.3 Å². The molecule has 4 heterocycles. The normalized spacial score (nSPS) is 11.0. The van der Waals surface area contributed by atoms with Crippen molar-refractivity contribution in [1.82, 2.24) is 19.7 Å². The van der Waals surface area contributed by atoms with Gasteiger partial charge in [0, 0.05) is 44.3 Å². The molecule has 1 amide bonds. The molecule has 0 aliphatic carbocycles. The Hall–Kier alpha value is -3.84. The van der Waals surface area contributed by atoms with Gasteiger partial charge in [0.2, 0.25) is 5.91 Å². The summed E-state index contributed by atoms with van der Waals surface area (Å²) in [5, 5.41) is 8.57. The van der Waals surface area contributed by atoms with Gasteiger partial charge in [0.05, 0.1) is 17.6 Å². The fraction of sp³-hybridized carbons (Fsp3) is 0.0833. The van der Waals surface area contributed by atoms with Crippen LogP contribution in [-0.2, 0) is 11.3 Å². The van der Waals surface area contributed by atoms with E-state index in [1.807, 2.05) is 73.9 Å². The molecule has 5 rings (SSSR count). The minimum atomic E-state index is -0.143. The monoisotopic (exact) mass is 425 g/mol. The molecule has 6 nitrogen and oxygen atoms in total. The lowest BCUT2D eigenvalue weighted by Gasteiger charge is -2.10. The van der Waals surface area contributed by atoms with Gasteiger partial charge in [-0.2, -0.15) is 5.10 Å². The van der Waals surface area contributed by atoms with Gasteiger partial charge < -0.3 is 5.32 Å². The van der Waals surface area contributed by atoms with E-state index < -0.39 is 0 Å². The van der Waals surface area contributed by atoms with Gasteiger partial charge in [-0.05, 0) is 43.3 Å². The van der Waals surface area contributed by atoms with Gasteiger partial charge in [-0.3, -0.25) is 19.4 Å². The van der Waals surface area contributed by atoms with Crippen molar-refractivity contribution in [3.8, 4) is 21.8 Å². The van der Waals surface area contributed by atoms with Crippen molar-refractivity contribution >= 4 is 33.0 Å². The maximum atomic E-state index is 12.7. The van der Waals surface area contributed by atoms with Crippen LogP contribution in [0.3, 0.4) is 0 Å². The molecular formula is C24H19N5OS. The van der Waals surface area contributed by atoms with Gasteiger partial charge in [0.25, 0.3) is 0 Å². The Morgan fingerprint density at radius 2 is 1.94 bits per heavy atom. The summed E-state index contributed by atoms with van der Waals surface area (Å²) in [5.74, 6) is -0.143. The number of nitrogens with zero attached hydrogens (tertiary/aromatic N) is 4. The highest BCUT2D eigenvalue weighted by atomic mass is 32.1. The Bertz CT molecular complexity index is 1340. The minimum Gasteiger partial charge on any atom is -0.324 e. The van der Waals surface area contributed by atoms with Crippen LogP contribution in [-0.4, -0.2) is 25.7 Å². The highest BCUT2D eigenvalue weighted by Crippen LogP contribution is 2.38. The van der Waals surface area contributed by atoms with Crippen LogP contribution < -0.4 is 5.32 Å². The number of thiophene rings is 1. The van der Waals surface area contributed by atoms with Gasteiger partial charge in [-0.15, -0.1) is 11.3 Å². The van der Waals surface area contributed by atoms with E-state index in [0.717, 1.165) is 43.3 Å². The molecule has 31 heavy (non-hydrogen) atoms. The quantitative estimate of drug-likeness (QED) is 0.422. The van der Waals surface area contributed by atoms with Crippen molar-refractivity contribution < 1.29 is 4.79 Å². The van der Waals surface area contributed by atoms with Crippen LogP contribution in [0.5, 0.6) is 0 Å². The first-order chi connectivity index (χ1) is 15.2. The summed E-state index contributed by atoms with van der Waals surface area (Å²) >= 11 is 1.68. The van der Waals surface area contributed by atoms with Crippen LogP contribution in [0.4, 0.5) is 5.69 Å². The van der Waals surface area contributed by atoms with Crippen LogP contribution in [0.25, 0.3) is 31.9 Å². The second-order valence-corrected chi connectivity index (χ2v) is 8.25. The van der Waals surface area contributed by atoms with Crippen molar-refractivity contribution in [3.05, 3.63) is 84.9 Å². The van der Waals surface area contributed by atoms with E-state index in [1.165, 1.54) is 0 Å². The van der Waals surface area contributed by atoms with Gasteiger partial charge in [0.1, 0.15) is 6.54 Å². The Morgan fingerprint density at radius 3 is 2.74 bits per heavy atom. The number of rotatable bonds is 5. The number of aryl methyl sites for hydroxylation is 1. The number of nitrogens with one attached hydrogen (secondary N) is 1. The summed E-state index contributed by atoms with van der Waals surface area (Å²) in [6.07, 6.45) is 5.47. The number of benzene rings is 1. The molecule has 0 aliphatic heterocycles. The number of aromatic nitrogens is 4. The second-order valence-electron chi connectivity index (χ2n) is 7.17. The van der Waals surface area contributed by atoms with Gasteiger partial charge in [-0.1, -0.05) is 24.3 Å². The number of carbonyl (C=O) groups excluding carboxylic acids is 1. The zero-order valence-electron chi connectivity index (χ0n) is 16.8. The summed E-state index contributed by atoms with van der Waals surface area (Å²) < 4.78 is 2.88. The van der Waals surface area contributed by atoms with Crippen molar-refractivity contribution in [2.75, 3.05) is 5.32 Å². The molecule has 0 bridgehead atoms. The average Bonchev–Trinajstić information content (AvgIpc) is 3.38. The zero-order chi connectivity index (χ0) is 21.2. The van der Waals surface area contributed by atoms with Crippen molar-refractivity contribution in [3.63, 3.8) is 0 Å². The maximum Gasteiger partial charge on any atom is 0.246 e. The largest absolute Gasteiger partial charge is 0.324 e. The summed E-state index contributed by atoms with van der Waals surface area (Å²) in [5.41, 5.74) is 4.23. The zero-order valence-corrected chi connectivity index (χ0v) is 17.6. The molecule has 0 saturated heterocycles. The van der Waals surface area contributed by atoms with E-state index in [9.17, 15) is 4.79 Å². The number of para-hydroxylation sites is 1. The predicted octanol–water partition coefficient (Wildman–Crippen LogP) is 5.17. The summed E-state index contributed by atoms with van der Waals surface area (Å²) in [6.45, 7) is 2.05. The van der Waals surface area contributed by atoms with E-state index >= 15 is 0 Å². The number of hydrogen-bond donors (Lipinski definition) is 1. The van der Waals surface area contributed by atoms with Gasteiger partial charge >= 0.3 is 0 Å². The third kappa shape index (κ3) is 3.95. The van der Waals surface area contributed by atoms with Crippen LogP contribution in [0, 0.1) is 6.92 Å². The fourth-order valence-corrected chi connectivity index (χ4v) is 4.55. The van der Waals surface area contributed by atoms with Gasteiger partial charge in [-0.25, -0.2) is 0 Å².